The molecule has 2 aromatic heterocycles. The number of carbonyl (C=O) groups is 1. The monoisotopic (exact) mass is 261 g/mol. The molecule has 6 nitrogen and oxygen atoms in total. The zero-order valence-corrected chi connectivity index (χ0v) is 11.3. The van der Waals surface area contributed by atoms with Gasteiger partial charge < -0.3 is 10.6 Å². The van der Waals surface area contributed by atoms with Gasteiger partial charge in [0.05, 0.1) is 0 Å². The van der Waals surface area contributed by atoms with E-state index in [0.717, 1.165) is 24.3 Å². The van der Waals surface area contributed by atoms with E-state index in [2.05, 4.69) is 9.97 Å². The summed E-state index contributed by atoms with van der Waals surface area (Å²) in [7, 11) is 0. The molecule has 0 spiro atoms. The lowest BCUT2D eigenvalue weighted by atomic mass is 10.3. The second-order valence-corrected chi connectivity index (χ2v) is 4.28. The highest BCUT2D eigenvalue weighted by Gasteiger charge is 2.13. The minimum Gasteiger partial charge on any atom is -0.369 e. The van der Waals surface area contributed by atoms with E-state index in [0.29, 0.717) is 18.9 Å². The number of nitrogens with zero attached hydrogens (tertiary/aromatic N) is 4. The zero-order valence-electron chi connectivity index (χ0n) is 11.3. The molecule has 0 atom stereocenters. The lowest BCUT2D eigenvalue weighted by molar-refractivity contribution is -0.131. The van der Waals surface area contributed by atoms with Crippen LogP contribution in [0.5, 0.6) is 0 Å². The Kier molecular flexibility index (Phi) is 3.99. The van der Waals surface area contributed by atoms with Gasteiger partial charge in [0.25, 0.3) is 0 Å². The molecule has 0 aliphatic carbocycles. The van der Waals surface area contributed by atoms with Crippen molar-refractivity contribution in [1.82, 2.24) is 19.4 Å². The van der Waals surface area contributed by atoms with Gasteiger partial charge in [0.2, 0.25) is 11.9 Å². The van der Waals surface area contributed by atoms with Gasteiger partial charge in [0.1, 0.15) is 5.52 Å². The number of nitrogens with two attached hydrogens (primary N) is 1. The van der Waals surface area contributed by atoms with Gasteiger partial charge in [0, 0.05) is 32.3 Å². The number of fused-ring (bicyclic) bond motifs is 1. The predicted octanol–water partition coefficient (Wildman–Crippen LogP) is 1.27. The molecule has 102 valence electrons. The predicted molar refractivity (Wildman–Crippen MR) is 74.5 cm³/mol. The highest BCUT2D eigenvalue weighted by Crippen LogP contribution is 2.15. The number of hydrogen-bond donors (Lipinski definition) is 1. The van der Waals surface area contributed by atoms with E-state index >= 15 is 0 Å². The largest absolute Gasteiger partial charge is 0.369 e. The van der Waals surface area contributed by atoms with Gasteiger partial charge >= 0.3 is 0 Å². The molecule has 0 saturated carbocycles. The molecule has 0 bridgehead atoms. The van der Waals surface area contributed by atoms with E-state index in [1.165, 1.54) is 0 Å². The summed E-state index contributed by atoms with van der Waals surface area (Å²) in [6.45, 7) is 5.92. The Morgan fingerprint density at radius 3 is 2.84 bits per heavy atom. The summed E-state index contributed by atoms with van der Waals surface area (Å²) in [5.74, 6) is 0.531. The molecule has 2 aromatic rings. The molecule has 0 radical (unpaired) electrons. The molecule has 0 aliphatic heterocycles. The quantitative estimate of drug-likeness (QED) is 0.879. The second-order valence-electron chi connectivity index (χ2n) is 4.28. The van der Waals surface area contributed by atoms with Gasteiger partial charge in [-0.3, -0.25) is 9.36 Å². The molecule has 2 N–H and O–H groups in total. The van der Waals surface area contributed by atoms with Crippen LogP contribution in [0.4, 0.5) is 5.95 Å². The molecule has 0 aliphatic rings. The Bertz CT molecular complexity index is 573. The van der Waals surface area contributed by atoms with Crippen molar-refractivity contribution in [2.75, 3.05) is 18.8 Å². The molecular weight excluding hydrogens is 242 g/mol. The highest BCUT2D eigenvalue weighted by molar-refractivity contribution is 5.77. The number of amides is 1. The van der Waals surface area contributed by atoms with Crippen LogP contribution in [-0.2, 0) is 11.3 Å². The number of nitrogen functional groups attached to an aromatic ring is 1. The molecule has 0 aromatic carbocycles. The minimum atomic E-state index is 0.127. The average molecular weight is 261 g/mol. The number of rotatable bonds is 5. The molecule has 0 fully saturated rings. The van der Waals surface area contributed by atoms with Crippen LogP contribution >= 0.6 is 0 Å². The SMILES string of the molecule is CCN(CC)C(=O)CCn1c(N)nc2cccnc21. The van der Waals surface area contributed by atoms with Gasteiger partial charge in [0.15, 0.2) is 5.65 Å². The Morgan fingerprint density at radius 1 is 1.42 bits per heavy atom. The molecule has 2 rings (SSSR count). The van der Waals surface area contributed by atoms with Crippen molar-refractivity contribution in [1.29, 1.82) is 0 Å². The normalized spacial score (nSPS) is 10.8. The third kappa shape index (κ3) is 2.67. The van der Waals surface area contributed by atoms with Crippen molar-refractivity contribution in [3.63, 3.8) is 0 Å². The number of carbonyl (C=O) groups excluding carboxylic acids is 1. The van der Waals surface area contributed by atoms with Crippen LogP contribution in [-0.4, -0.2) is 38.4 Å². The molecule has 1 amide bonds. The molecule has 2 heterocycles. The fourth-order valence-electron chi connectivity index (χ4n) is 2.14. The third-order valence-electron chi connectivity index (χ3n) is 3.20. The van der Waals surface area contributed by atoms with Crippen molar-refractivity contribution in [2.24, 2.45) is 0 Å². The van der Waals surface area contributed by atoms with Crippen LogP contribution in [0.15, 0.2) is 18.3 Å². The fraction of sp³-hybridized carbons (Fsp3) is 0.462. The summed E-state index contributed by atoms with van der Waals surface area (Å²) < 4.78 is 1.79. The maximum atomic E-state index is 12.0. The summed E-state index contributed by atoms with van der Waals surface area (Å²) in [6.07, 6.45) is 2.11. The number of imidazole rings is 1. The van der Waals surface area contributed by atoms with Crippen molar-refractivity contribution < 1.29 is 4.79 Å². The van der Waals surface area contributed by atoms with E-state index in [1.807, 2.05) is 30.9 Å². The number of aryl methyl sites for hydroxylation is 1. The summed E-state index contributed by atoms with van der Waals surface area (Å²) in [4.78, 5) is 22.3. The van der Waals surface area contributed by atoms with E-state index in [9.17, 15) is 4.79 Å². The van der Waals surface area contributed by atoms with E-state index in [4.69, 9.17) is 5.73 Å². The molecule has 0 unspecified atom stereocenters. The third-order valence-corrected chi connectivity index (χ3v) is 3.20. The lowest BCUT2D eigenvalue weighted by Crippen LogP contribution is -2.31. The summed E-state index contributed by atoms with van der Waals surface area (Å²) in [6, 6.07) is 3.68. The van der Waals surface area contributed by atoms with Crippen molar-refractivity contribution in [3.05, 3.63) is 18.3 Å². The molecule has 6 heteroatoms. The molecule has 0 saturated heterocycles. The van der Waals surface area contributed by atoms with Crippen molar-refractivity contribution >= 4 is 23.0 Å². The minimum absolute atomic E-state index is 0.127. The van der Waals surface area contributed by atoms with Gasteiger partial charge in [-0.05, 0) is 26.0 Å². The first-order valence-corrected chi connectivity index (χ1v) is 6.51. The van der Waals surface area contributed by atoms with Gasteiger partial charge in [-0.15, -0.1) is 0 Å². The van der Waals surface area contributed by atoms with Crippen molar-refractivity contribution in [3.8, 4) is 0 Å². The second kappa shape index (κ2) is 5.69. The van der Waals surface area contributed by atoms with Crippen LogP contribution in [0.1, 0.15) is 20.3 Å². The Hall–Kier alpha value is -2.11. The molecule has 19 heavy (non-hydrogen) atoms. The van der Waals surface area contributed by atoms with Crippen LogP contribution in [0.3, 0.4) is 0 Å². The van der Waals surface area contributed by atoms with Crippen LogP contribution in [0, 0.1) is 0 Å². The number of aromatic nitrogens is 3. The first-order chi connectivity index (χ1) is 9.17. The fourth-order valence-corrected chi connectivity index (χ4v) is 2.14. The van der Waals surface area contributed by atoms with Gasteiger partial charge in [-0.2, -0.15) is 0 Å². The maximum absolute atomic E-state index is 12.0. The van der Waals surface area contributed by atoms with E-state index in [1.54, 1.807) is 10.8 Å². The van der Waals surface area contributed by atoms with Crippen LogP contribution < -0.4 is 5.73 Å². The summed E-state index contributed by atoms with van der Waals surface area (Å²) in [5.41, 5.74) is 7.36. The van der Waals surface area contributed by atoms with Gasteiger partial charge in [-0.1, -0.05) is 0 Å². The Labute approximate surface area is 112 Å². The smallest absolute Gasteiger partial charge is 0.224 e. The standard InChI is InChI=1S/C13H19N5O/c1-3-17(4-2)11(19)7-9-18-12-10(16-13(18)14)6-5-8-15-12/h5-6,8H,3-4,7,9H2,1-2H3,(H2,14,16). The Morgan fingerprint density at radius 2 is 2.16 bits per heavy atom. The topological polar surface area (TPSA) is 77.0 Å². The van der Waals surface area contributed by atoms with E-state index in [-0.39, 0.29) is 5.91 Å². The number of pyridine rings is 1. The Balaban J connectivity index is 2.14. The van der Waals surface area contributed by atoms with E-state index < -0.39 is 0 Å². The zero-order chi connectivity index (χ0) is 13.8. The van der Waals surface area contributed by atoms with Gasteiger partial charge in [-0.25, -0.2) is 9.97 Å². The summed E-state index contributed by atoms with van der Waals surface area (Å²) in [5, 5.41) is 0. The van der Waals surface area contributed by atoms with Crippen LogP contribution in [0.2, 0.25) is 0 Å². The maximum Gasteiger partial charge on any atom is 0.224 e. The first-order valence-electron chi connectivity index (χ1n) is 6.51. The summed E-state index contributed by atoms with van der Waals surface area (Å²) >= 11 is 0. The first kappa shape index (κ1) is 13.3. The number of anilines is 1. The average Bonchev–Trinajstić information content (AvgIpc) is 2.73. The van der Waals surface area contributed by atoms with Crippen LogP contribution in [0.25, 0.3) is 11.2 Å². The van der Waals surface area contributed by atoms with Crippen molar-refractivity contribution in [2.45, 2.75) is 26.8 Å². The molecular formula is C13H19N5O. The highest BCUT2D eigenvalue weighted by atomic mass is 16.2. The number of hydrogen-bond acceptors (Lipinski definition) is 4. The lowest BCUT2D eigenvalue weighted by Gasteiger charge is -2.18.